The van der Waals surface area contributed by atoms with Crippen molar-refractivity contribution in [3.8, 4) is 0 Å². The molecule has 0 saturated carbocycles. The summed E-state index contributed by atoms with van der Waals surface area (Å²) in [6.45, 7) is 4.92. The highest BCUT2D eigenvalue weighted by Crippen LogP contribution is 2.27. The molecule has 1 saturated heterocycles. The van der Waals surface area contributed by atoms with Crippen LogP contribution in [0.4, 0.5) is 0 Å². The molecule has 0 unspecified atom stereocenters. The number of aryl methyl sites for hydroxylation is 1. The third-order valence-corrected chi connectivity index (χ3v) is 7.98. The van der Waals surface area contributed by atoms with Crippen LogP contribution in [-0.2, 0) is 14.8 Å². The second-order valence-electron chi connectivity index (χ2n) is 8.31. The average Bonchev–Trinajstić information content (AvgIpc) is 2.81. The highest BCUT2D eigenvalue weighted by atomic mass is 35.5. The van der Waals surface area contributed by atoms with Crippen molar-refractivity contribution < 1.29 is 18.0 Å². The second kappa shape index (κ2) is 11.1. The number of nitrogens with zero attached hydrogens (tertiary/aromatic N) is 1. The Morgan fingerprint density at radius 2 is 1.79 bits per heavy atom. The molecule has 3 rings (SSSR count). The zero-order chi connectivity index (χ0) is 24.0. The molecule has 2 aromatic rings. The number of piperidine rings is 1. The average molecular weight is 492 g/mol. The van der Waals surface area contributed by atoms with E-state index in [9.17, 15) is 18.0 Å². The van der Waals surface area contributed by atoms with E-state index in [2.05, 4.69) is 10.6 Å². The summed E-state index contributed by atoms with van der Waals surface area (Å²) in [4.78, 5) is 25.9. The van der Waals surface area contributed by atoms with Gasteiger partial charge >= 0.3 is 0 Å². The largest absolute Gasteiger partial charge is 0.354 e. The normalized spacial score (nSPS) is 16.2. The van der Waals surface area contributed by atoms with Crippen molar-refractivity contribution in [3.63, 3.8) is 0 Å². The van der Waals surface area contributed by atoms with E-state index in [0.717, 1.165) is 12.0 Å². The molecule has 2 amide bonds. The Bertz CT molecular complexity index is 1080. The molecule has 2 N–H and O–H groups in total. The minimum absolute atomic E-state index is 0.174. The quantitative estimate of drug-likeness (QED) is 0.591. The van der Waals surface area contributed by atoms with Crippen LogP contribution in [0.3, 0.4) is 0 Å². The van der Waals surface area contributed by atoms with Gasteiger partial charge in [-0.15, -0.1) is 0 Å². The molecule has 9 heteroatoms. The number of carbonyl (C=O) groups excluding carboxylic acids is 2. The molecule has 0 aromatic heterocycles. The fourth-order valence-corrected chi connectivity index (χ4v) is 5.57. The second-order valence-corrected chi connectivity index (χ2v) is 10.7. The van der Waals surface area contributed by atoms with Gasteiger partial charge in [0.2, 0.25) is 15.9 Å². The van der Waals surface area contributed by atoms with Crippen molar-refractivity contribution in [1.29, 1.82) is 0 Å². The first kappa shape index (κ1) is 25.2. The van der Waals surface area contributed by atoms with E-state index in [0.29, 0.717) is 30.0 Å². The lowest BCUT2D eigenvalue weighted by molar-refractivity contribution is -0.124. The molecule has 1 aliphatic heterocycles. The number of amides is 2. The van der Waals surface area contributed by atoms with Crippen LogP contribution in [0, 0.1) is 12.8 Å². The van der Waals surface area contributed by atoms with Gasteiger partial charge in [-0.3, -0.25) is 9.59 Å². The van der Waals surface area contributed by atoms with Gasteiger partial charge in [0.25, 0.3) is 5.91 Å². The van der Waals surface area contributed by atoms with E-state index in [1.54, 1.807) is 30.3 Å². The van der Waals surface area contributed by atoms with E-state index in [4.69, 9.17) is 11.6 Å². The number of hydrogen-bond donors (Lipinski definition) is 2. The van der Waals surface area contributed by atoms with Crippen LogP contribution in [-0.4, -0.2) is 50.2 Å². The summed E-state index contributed by atoms with van der Waals surface area (Å²) in [5.74, 6) is -0.726. The van der Waals surface area contributed by atoms with Crippen molar-refractivity contribution in [2.75, 3.05) is 19.6 Å². The van der Waals surface area contributed by atoms with Crippen molar-refractivity contribution in [2.45, 2.75) is 44.0 Å². The third kappa shape index (κ3) is 6.34. The molecule has 33 heavy (non-hydrogen) atoms. The summed E-state index contributed by atoms with van der Waals surface area (Å²) in [6, 6.07) is 12.5. The zero-order valence-corrected chi connectivity index (χ0v) is 20.5. The summed E-state index contributed by atoms with van der Waals surface area (Å²) < 4.78 is 27.4. The van der Waals surface area contributed by atoms with Gasteiger partial charge in [-0.2, -0.15) is 4.31 Å². The summed E-state index contributed by atoms with van der Waals surface area (Å²) >= 11 is 5.88. The Labute approximate surface area is 200 Å². The molecule has 0 aliphatic carbocycles. The maximum atomic E-state index is 13.0. The molecule has 0 bridgehead atoms. The first-order valence-corrected chi connectivity index (χ1v) is 12.9. The van der Waals surface area contributed by atoms with Gasteiger partial charge in [-0.25, -0.2) is 8.42 Å². The highest BCUT2D eigenvalue weighted by molar-refractivity contribution is 7.89. The first-order chi connectivity index (χ1) is 15.7. The molecule has 1 heterocycles. The number of halogens is 1. The fraction of sp³-hybridized carbons (Fsp3) is 0.417. The maximum Gasteiger partial charge on any atom is 0.251 e. The van der Waals surface area contributed by atoms with E-state index >= 15 is 0 Å². The zero-order valence-electron chi connectivity index (χ0n) is 18.9. The molecular weight excluding hydrogens is 462 g/mol. The lowest BCUT2D eigenvalue weighted by Crippen LogP contribution is -2.53. The molecule has 178 valence electrons. The van der Waals surface area contributed by atoms with E-state index in [1.165, 1.54) is 16.4 Å². The van der Waals surface area contributed by atoms with Crippen LogP contribution in [0.5, 0.6) is 0 Å². The minimum atomic E-state index is -3.65. The maximum absolute atomic E-state index is 13.0. The minimum Gasteiger partial charge on any atom is -0.354 e. The van der Waals surface area contributed by atoms with Crippen LogP contribution in [0.2, 0.25) is 5.02 Å². The Morgan fingerprint density at radius 3 is 2.39 bits per heavy atom. The van der Waals surface area contributed by atoms with Crippen molar-refractivity contribution in [2.24, 2.45) is 5.92 Å². The molecule has 2 aromatic carbocycles. The molecule has 0 spiro atoms. The molecule has 1 atom stereocenters. The SMILES string of the molecule is CCCNC(=O)[C@H](NC(=O)c1cccc(C)c1)C1CCN(S(=O)(=O)c2ccc(Cl)cc2)CC1. The Kier molecular flexibility index (Phi) is 8.51. The van der Waals surface area contributed by atoms with E-state index in [-0.39, 0.29) is 35.7 Å². The summed E-state index contributed by atoms with van der Waals surface area (Å²) in [6.07, 6.45) is 1.71. The molecule has 1 fully saturated rings. The van der Waals surface area contributed by atoms with Crippen LogP contribution in [0.1, 0.15) is 42.1 Å². The number of sulfonamides is 1. The highest BCUT2D eigenvalue weighted by Gasteiger charge is 2.36. The van der Waals surface area contributed by atoms with Crippen LogP contribution < -0.4 is 10.6 Å². The first-order valence-electron chi connectivity index (χ1n) is 11.1. The number of carbonyl (C=O) groups is 2. The summed E-state index contributed by atoms with van der Waals surface area (Å²) in [5, 5.41) is 6.24. The number of hydrogen-bond acceptors (Lipinski definition) is 4. The van der Waals surface area contributed by atoms with Crippen LogP contribution in [0.25, 0.3) is 0 Å². The number of rotatable bonds is 8. The van der Waals surface area contributed by atoms with Gasteiger partial charge in [0.05, 0.1) is 4.90 Å². The molecule has 0 radical (unpaired) electrons. The monoisotopic (exact) mass is 491 g/mol. The lowest BCUT2D eigenvalue weighted by Gasteiger charge is -2.35. The number of nitrogens with one attached hydrogen (secondary N) is 2. The van der Waals surface area contributed by atoms with Gasteiger partial charge in [0.15, 0.2) is 0 Å². The van der Waals surface area contributed by atoms with Gasteiger partial charge in [0, 0.05) is 30.2 Å². The predicted octanol–water partition coefficient (Wildman–Crippen LogP) is 3.37. The van der Waals surface area contributed by atoms with Crippen LogP contribution >= 0.6 is 11.6 Å². The summed E-state index contributed by atoms with van der Waals surface area (Å²) in [7, 11) is -3.65. The topological polar surface area (TPSA) is 95.6 Å². The van der Waals surface area contributed by atoms with Gasteiger partial charge in [0.1, 0.15) is 6.04 Å². The van der Waals surface area contributed by atoms with Gasteiger partial charge in [-0.05, 0) is 68.5 Å². The standard InChI is InChI=1S/C24H30ClN3O4S/c1-3-13-26-24(30)22(27-23(29)19-6-4-5-17(2)16-19)18-11-14-28(15-12-18)33(31,32)21-9-7-20(25)8-10-21/h4-10,16,18,22H,3,11-15H2,1-2H3,(H,26,30)(H,27,29)/t22-/m1/s1. The lowest BCUT2D eigenvalue weighted by atomic mass is 9.89. The Morgan fingerprint density at radius 1 is 1.12 bits per heavy atom. The molecular formula is C24H30ClN3O4S. The smallest absolute Gasteiger partial charge is 0.251 e. The van der Waals surface area contributed by atoms with Crippen LogP contribution in [0.15, 0.2) is 53.4 Å². The molecule has 1 aliphatic rings. The molecule has 7 nitrogen and oxygen atoms in total. The fourth-order valence-electron chi connectivity index (χ4n) is 3.97. The Balaban J connectivity index is 1.72. The van der Waals surface area contributed by atoms with E-state index in [1.807, 2.05) is 19.9 Å². The van der Waals surface area contributed by atoms with E-state index < -0.39 is 16.1 Å². The predicted molar refractivity (Wildman–Crippen MR) is 129 cm³/mol. The summed E-state index contributed by atoms with van der Waals surface area (Å²) in [5.41, 5.74) is 1.45. The van der Waals surface area contributed by atoms with Crippen molar-refractivity contribution in [1.82, 2.24) is 14.9 Å². The van der Waals surface area contributed by atoms with Gasteiger partial charge < -0.3 is 10.6 Å². The van der Waals surface area contributed by atoms with Crippen molar-refractivity contribution in [3.05, 3.63) is 64.7 Å². The Hall–Kier alpha value is -2.42. The third-order valence-electron chi connectivity index (χ3n) is 5.82. The van der Waals surface area contributed by atoms with Gasteiger partial charge in [-0.1, -0.05) is 36.2 Å². The van der Waals surface area contributed by atoms with Crippen molar-refractivity contribution >= 4 is 33.4 Å². The number of benzene rings is 2.